The molecule has 18 heavy (non-hydrogen) atoms. The average molecular weight is 244 g/mol. The van der Waals surface area contributed by atoms with Crippen LogP contribution < -0.4 is 5.32 Å². The first-order chi connectivity index (χ1) is 8.69. The molecule has 1 spiro atoms. The summed E-state index contributed by atoms with van der Waals surface area (Å²) in [5.74, 6) is 0. The van der Waals surface area contributed by atoms with Gasteiger partial charge in [-0.25, -0.2) is 0 Å². The molecule has 98 valence electrons. The van der Waals surface area contributed by atoms with Crippen LogP contribution in [0.4, 0.5) is 0 Å². The van der Waals surface area contributed by atoms with Crippen molar-refractivity contribution in [2.24, 2.45) is 5.41 Å². The fraction of sp³-hybridized carbons (Fsp3) is 0.625. The van der Waals surface area contributed by atoms with Gasteiger partial charge in [-0.3, -0.25) is 4.90 Å². The van der Waals surface area contributed by atoms with Crippen LogP contribution >= 0.6 is 0 Å². The van der Waals surface area contributed by atoms with E-state index in [0.29, 0.717) is 5.41 Å². The van der Waals surface area contributed by atoms with Crippen molar-refractivity contribution >= 4 is 0 Å². The summed E-state index contributed by atoms with van der Waals surface area (Å²) in [5, 5.41) is 3.53. The first kappa shape index (κ1) is 12.2. The molecule has 0 saturated carbocycles. The lowest BCUT2D eigenvalue weighted by atomic mass is 9.86. The average Bonchev–Trinajstić information content (AvgIpc) is 2.97. The molecule has 1 aromatic rings. The first-order valence-electron chi connectivity index (χ1n) is 7.17. The number of nitrogens with zero attached hydrogens (tertiary/aromatic N) is 1. The Hall–Kier alpha value is -0.860. The van der Waals surface area contributed by atoms with E-state index in [1.165, 1.54) is 55.7 Å². The maximum Gasteiger partial charge on any atom is 0.0236 e. The van der Waals surface area contributed by atoms with Gasteiger partial charge in [-0.15, -0.1) is 0 Å². The summed E-state index contributed by atoms with van der Waals surface area (Å²) in [6.45, 7) is 10.6. The highest BCUT2D eigenvalue weighted by molar-refractivity contribution is 5.33. The van der Waals surface area contributed by atoms with Gasteiger partial charge in [0.05, 0.1) is 0 Å². The Labute approximate surface area is 110 Å². The number of hydrogen-bond acceptors (Lipinski definition) is 2. The van der Waals surface area contributed by atoms with Gasteiger partial charge in [0, 0.05) is 19.6 Å². The molecule has 0 bridgehead atoms. The Kier molecular flexibility index (Phi) is 3.16. The minimum atomic E-state index is 0.595. The second-order valence-corrected chi connectivity index (χ2v) is 6.25. The summed E-state index contributed by atoms with van der Waals surface area (Å²) >= 11 is 0. The summed E-state index contributed by atoms with van der Waals surface area (Å²) in [6.07, 6.45) is 2.75. The number of benzene rings is 1. The van der Waals surface area contributed by atoms with Crippen LogP contribution in [0.25, 0.3) is 0 Å². The van der Waals surface area contributed by atoms with Crippen molar-refractivity contribution in [3.8, 4) is 0 Å². The van der Waals surface area contributed by atoms with Gasteiger partial charge in [-0.2, -0.15) is 0 Å². The minimum Gasteiger partial charge on any atom is -0.316 e. The third kappa shape index (κ3) is 2.19. The Bertz CT molecular complexity index is 433. The lowest BCUT2D eigenvalue weighted by Gasteiger charge is -2.23. The third-order valence-electron chi connectivity index (χ3n) is 4.96. The molecule has 2 fully saturated rings. The molecule has 1 atom stereocenters. The Morgan fingerprint density at radius 3 is 2.94 bits per heavy atom. The van der Waals surface area contributed by atoms with Crippen molar-refractivity contribution in [3.63, 3.8) is 0 Å². The van der Waals surface area contributed by atoms with Crippen molar-refractivity contribution in [3.05, 3.63) is 34.9 Å². The van der Waals surface area contributed by atoms with E-state index in [0.717, 1.165) is 6.54 Å². The summed E-state index contributed by atoms with van der Waals surface area (Å²) in [6, 6.07) is 6.70. The van der Waals surface area contributed by atoms with Crippen LogP contribution in [0.3, 0.4) is 0 Å². The second kappa shape index (κ2) is 4.67. The number of nitrogens with one attached hydrogen (secondary N) is 1. The maximum atomic E-state index is 3.53. The van der Waals surface area contributed by atoms with Gasteiger partial charge in [0.2, 0.25) is 0 Å². The van der Waals surface area contributed by atoms with Crippen LogP contribution in [0.1, 0.15) is 29.5 Å². The molecule has 2 nitrogen and oxygen atoms in total. The summed E-state index contributed by atoms with van der Waals surface area (Å²) in [7, 11) is 0. The normalized spacial score (nSPS) is 28.3. The monoisotopic (exact) mass is 244 g/mol. The molecule has 1 aromatic carbocycles. The van der Waals surface area contributed by atoms with Crippen molar-refractivity contribution in [2.75, 3.05) is 26.2 Å². The van der Waals surface area contributed by atoms with E-state index in [-0.39, 0.29) is 0 Å². The minimum absolute atomic E-state index is 0.595. The lowest BCUT2D eigenvalue weighted by Crippen LogP contribution is -2.29. The van der Waals surface area contributed by atoms with Crippen molar-refractivity contribution < 1.29 is 0 Å². The molecule has 2 aliphatic heterocycles. The second-order valence-electron chi connectivity index (χ2n) is 6.25. The summed E-state index contributed by atoms with van der Waals surface area (Å²) in [4.78, 5) is 2.65. The molecule has 1 N–H and O–H groups in total. The van der Waals surface area contributed by atoms with E-state index in [1.807, 2.05) is 0 Å². The predicted octanol–water partition coefficient (Wildman–Crippen LogP) is 2.49. The molecule has 1 unspecified atom stereocenters. The number of rotatable bonds is 2. The van der Waals surface area contributed by atoms with Crippen molar-refractivity contribution in [1.82, 2.24) is 10.2 Å². The number of likely N-dealkylation sites (tertiary alicyclic amines) is 1. The third-order valence-corrected chi connectivity index (χ3v) is 4.96. The smallest absolute Gasteiger partial charge is 0.0236 e. The zero-order valence-corrected chi connectivity index (χ0v) is 11.6. The largest absolute Gasteiger partial charge is 0.316 e. The van der Waals surface area contributed by atoms with E-state index < -0.39 is 0 Å². The Balaban J connectivity index is 1.69. The topological polar surface area (TPSA) is 15.3 Å². The van der Waals surface area contributed by atoms with E-state index in [4.69, 9.17) is 0 Å². The summed E-state index contributed by atoms with van der Waals surface area (Å²) < 4.78 is 0. The lowest BCUT2D eigenvalue weighted by molar-refractivity contribution is 0.268. The van der Waals surface area contributed by atoms with Gasteiger partial charge in [-0.05, 0) is 61.9 Å². The van der Waals surface area contributed by atoms with Gasteiger partial charge in [0.25, 0.3) is 0 Å². The standard InChI is InChI=1S/C16H24N2/c1-13-4-3-5-15(14(13)2)10-18-9-7-16(12-18)6-8-17-11-16/h3-5,17H,6-12H2,1-2H3. The molecule has 2 saturated heterocycles. The van der Waals surface area contributed by atoms with Crippen LogP contribution in [-0.2, 0) is 6.54 Å². The van der Waals surface area contributed by atoms with Crippen LogP contribution in [-0.4, -0.2) is 31.1 Å². The molecule has 3 rings (SSSR count). The van der Waals surface area contributed by atoms with E-state index in [9.17, 15) is 0 Å². The number of hydrogen-bond donors (Lipinski definition) is 1. The highest BCUT2D eigenvalue weighted by atomic mass is 15.2. The Morgan fingerprint density at radius 1 is 1.28 bits per heavy atom. The van der Waals surface area contributed by atoms with Gasteiger partial charge < -0.3 is 5.32 Å². The Morgan fingerprint density at radius 2 is 2.17 bits per heavy atom. The van der Waals surface area contributed by atoms with Gasteiger partial charge >= 0.3 is 0 Å². The highest BCUT2D eigenvalue weighted by Crippen LogP contribution is 2.36. The van der Waals surface area contributed by atoms with E-state index >= 15 is 0 Å². The van der Waals surface area contributed by atoms with E-state index in [2.05, 4.69) is 42.3 Å². The van der Waals surface area contributed by atoms with Crippen LogP contribution in [0.5, 0.6) is 0 Å². The van der Waals surface area contributed by atoms with Gasteiger partial charge in [-0.1, -0.05) is 18.2 Å². The van der Waals surface area contributed by atoms with Gasteiger partial charge in [0.1, 0.15) is 0 Å². The molecule has 0 aromatic heterocycles. The van der Waals surface area contributed by atoms with Crippen LogP contribution in [0.2, 0.25) is 0 Å². The fourth-order valence-electron chi connectivity index (χ4n) is 3.53. The van der Waals surface area contributed by atoms with E-state index in [1.54, 1.807) is 0 Å². The predicted molar refractivity (Wildman–Crippen MR) is 75.7 cm³/mol. The molecule has 0 aliphatic carbocycles. The zero-order chi connectivity index (χ0) is 12.6. The molecular weight excluding hydrogens is 220 g/mol. The molecule has 0 radical (unpaired) electrons. The van der Waals surface area contributed by atoms with Crippen LogP contribution in [0, 0.1) is 19.3 Å². The molecule has 2 heteroatoms. The molecule has 0 amide bonds. The maximum absolute atomic E-state index is 3.53. The zero-order valence-electron chi connectivity index (χ0n) is 11.6. The molecule has 2 aliphatic rings. The molecule has 2 heterocycles. The summed E-state index contributed by atoms with van der Waals surface area (Å²) in [5.41, 5.74) is 5.00. The van der Waals surface area contributed by atoms with Crippen molar-refractivity contribution in [1.29, 1.82) is 0 Å². The van der Waals surface area contributed by atoms with Gasteiger partial charge in [0.15, 0.2) is 0 Å². The highest BCUT2D eigenvalue weighted by Gasteiger charge is 2.40. The SMILES string of the molecule is Cc1cccc(CN2CCC3(CCNC3)C2)c1C. The quantitative estimate of drug-likeness (QED) is 0.860. The first-order valence-corrected chi connectivity index (χ1v) is 7.17. The number of aryl methyl sites for hydroxylation is 1. The fourth-order valence-corrected chi connectivity index (χ4v) is 3.53. The van der Waals surface area contributed by atoms with Crippen molar-refractivity contribution in [2.45, 2.75) is 33.2 Å². The molecular formula is C16H24N2. The van der Waals surface area contributed by atoms with Crippen LogP contribution in [0.15, 0.2) is 18.2 Å².